The van der Waals surface area contributed by atoms with Crippen molar-refractivity contribution in [2.24, 2.45) is 18.9 Å². The Hall–Kier alpha value is -4.12. The molecule has 2 fully saturated rings. The van der Waals surface area contributed by atoms with E-state index in [1.807, 2.05) is 11.1 Å². The maximum Gasteiger partial charge on any atom is 0.337 e. The summed E-state index contributed by atoms with van der Waals surface area (Å²) in [6.45, 7) is 2.62. The second-order valence-corrected chi connectivity index (χ2v) is 12.2. The normalized spacial score (nSPS) is 19.1. The lowest BCUT2D eigenvalue weighted by molar-refractivity contribution is 0.0516. The molecule has 3 aromatic carbocycles. The van der Waals surface area contributed by atoms with E-state index >= 15 is 4.39 Å². The average molecular weight is 637 g/mol. The molecule has 7 rings (SSSR count). The maximum absolute atomic E-state index is 15.6. The number of anilines is 1. The van der Waals surface area contributed by atoms with Crippen molar-refractivity contribution in [1.82, 2.24) is 14.7 Å². The van der Waals surface area contributed by atoms with Gasteiger partial charge in [-0.1, -0.05) is 41.4 Å². The Morgan fingerprint density at radius 3 is 2.41 bits per heavy atom. The number of halogens is 3. The fourth-order valence-corrected chi connectivity index (χ4v) is 7.02. The summed E-state index contributed by atoms with van der Waals surface area (Å²) in [5.74, 6) is -1.20. The molecule has 0 bridgehead atoms. The third kappa shape index (κ3) is 4.96. The van der Waals surface area contributed by atoms with Gasteiger partial charge in [-0.25, -0.2) is 9.18 Å². The number of aromatic nitrogens is 2. The van der Waals surface area contributed by atoms with Gasteiger partial charge in [0, 0.05) is 60.4 Å². The van der Waals surface area contributed by atoms with E-state index in [0.29, 0.717) is 60.7 Å². The van der Waals surface area contributed by atoms with Gasteiger partial charge in [0.1, 0.15) is 11.6 Å². The van der Waals surface area contributed by atoms with Crippen LogP contribution >= 0.6 is 23.2 Å². The molecular weight excluding hydrogens is 610 g/mol. The number of nitrogens with zero attached hydrogens (tertiary/aromatic N) is 4. The van der Waals surface area contributed by atoms with E-state index in [4.69, 9.17) is 32.7 Å². The highest BCUT2D eigenvalue weighted by Crippen LogP contribution is 2.42. The van der Waals surface area contributed by atoms with E-state index in [1.165, 1.54) is 4.90 Å². The molecule has 226 valence electrons. The molecule has 2 atom stereocenters. The number of para-hydroxylation sites is 1. The number of hydrogen-bond donors (Lipinski definition) is 1. The quantitative estimate of drug-likeness (QED) is 0.288. The Morgan fingerprint density at radius 1 is 1.02 bits per heavy atom. The van der Waals surface area contributed by atoms with Crippen LogP contribution in [0.5, 0.6) is 5.75 Å². The Morgan fingerprint density at radius 2 is 1.75 bits per heavy atom. The number of fused-ring (bicyclic) bond motifs is 2. The van der Waals surface area contributed by atoms with Gasteiger partial charge in [0.15, 0.2) is 6.73 Å². The number of hydrogen-bond acceptors (Lipinski definition) is 6. The van der Waals surface area contributed by atoms with Gasteiger partial charge in [-0.05, 0) is 29.8 Å². The SMILES string of the molecule is Cn1cc(-c2cc(Cl)c(C(=O)N3COc4c(cccc4-c4cc(N5CC6COCC6C5)c(C(=O)O)cc4F)C3)c(Cl)c2)cn1. The monoisotopic (exact) mass is 636 g/mol. The largest absolute Gasteiger partial charge is 0.478 e. The van der Waals surface area contributed by atoms with Crippen LogP contribution in [0.25, 0.3) is 22.3 Å². The van der Waals surface area contributed by atoms with Crippen LogP contribution < -0.4 is 9.64 Å². The zero-order valence-electron chi connectivity index (χ0n) is 23.6. The minimum absolute atomic E-state index is 0.0852. The Kier molecular flexibility index (Phi) is 7.23. The summed E-state index contributed by atoms with van der Waals surface area (Å²) in [7, 11) is 1.80. The molecule has 2 unspecified atom stereocenters. The van der Waals surface area contributed by atoms with Crippen LogP contribution in [-0.2, 0) is 18.3 Å². The zero-order valence-corrected chi connectivity index (χ0v) is 25.1. The summed E-state index contributed by atoms with van der Waals surface area (Å²) in [5, 5.41) is 14.5. The number of aromatic carboxylic acids is 1. The van der Waals surface area contributed by atoms with Crippen molar-refractivity contribution >= 4 is 40.8 Å². The molecule has 1 aromatic heterocycles. The first-order valence-corrected chi connectivity index (χ1v) is 14.9. The van der Waals surface area contributed by atoms with E-state index in [-0.39, 0.29) is 40.0 Å². The molecular formula is C32H27Cl2FN4O5. The van der Waals surface area contributed by atoms with E-state index in [2.05, 4.69) is 5.10 Å². The highest BCUT2D eigenvalue weighted by Gasteiger charge is 2.39. The Bertz CT molecular complexity index is 1790. The number of carbonyl (C=O) groups is 2. The van der Waals surface area contributed by atoms with Crippen molar-refractivity contribution in [2.45, 2.75) is 6.54 Å². The van der Waals surface area contributed by atoms with Crippen LogP contribution in [0.15, 0.2) is 54.9 Å². The molecule has 1 amide bonds. The summed E-state index contributed by atoms with van der Waals surface area (Å²) in [4.78, 5) is 29.2. The first kappa shape index (κ1) is 28.6. The van der Waals surface area contributed by atoms with Crippen molar-refractivity contribution in [3.63, 3.8) is 0 Å². The highest BCUT2D eigenvalue weighted by atomic mass is 35.5. The standard InChI is InChI=1S/C32H27Cl2FN4O5/c1-37-10-19(9-36-37)18-5-25(33)29(26(34)6-18)31(40)39-11-17-3-2-4-22(30(17)44-16-39)23-8-28(24(32(41)42)7-27(23)35)38-12-20-14-43-15-21(20)13-38/h2-10,20-21H,11-16H2,1H3,(H,41,42). The predicted molar refractivity (Wildman–Crippen MR) is 163 cm³/mol. The highest BCUT2D eigenvalue weighted by molar-refractivity contribution is 6.40. The van der Waals surface area contributed by atoms with Crippen LogP contribution in [0, 0.1) is 17.7 Å². The van der Waals surface area contributed by atoms with Crippen molar-refractivity contribution in [1.29, 1.82) is 0 Å². The van der Waals surface area contributed by atoms with Gasteiger partial charge in [0.05, 0.1) is 52.8 Å². The van der Waals surface area contributed by atoms with Crippen LogP contribution in [0.1, 0.15) is 26.3 Å². The molecule has 0 radical (unpaired) electrons. The summed E-state index contributed by atoms with van der Waals surface area (Å²) < 4.78 is 28.9. The zero-order chi connectivity index (χ0) is 30.7. The van der Waals surface area contributed by atoms with E-state index in [0.717, 1.165) is 17.2 Å². The molecule has 4 heterocycles. The molecule has 44 heavy (non-hydrogen) atoms. The maximum atomic E-state index is 15.6. The second-order valence-electron chi connectivity index (χ2n) is 11.4. The first-order chi connectivity index (χ1) is 21.2. The van der Waals surface area contributed by atoms with Crippen molar-refractivity contribution < 1.29 is 28.6 Å². The number of ether oxygens (including phenoxy) is 2. The van der Waals surface area contributed by atoms with Crippen LogP contribution in [-0.4, -0.2) is 64.7 Å². The molecule has 3 aliphatic rings. The number of amides is 1. The molecule has 1 N–H and O–H groups in total. The minimum Gasteiger partial charge on any atom is -0.478 e. The summed E-state index contributed by atoms with van der Waals surface area (Å²) in [6, 6.07) is 11.3. The third-order valence-corrected chi connectivity index (χ3v) is 9.19. The van der Waals surface area contributed by atoms with Gasteiger partial charge in [0.2, 0.25) is 0 Å². The number of carboxylic acids is 1. The van der Waals surface area contributed by atoms with E-state index < -0.39 is 17.7 Å². The van der Waals surface area contributed by atoms with Gasteiger partial charge in [0.25, 0.3) is 5.91 Å². The molecule has 0 saturated carbocycles. The van der Waals surface area contributed by atoms with Gasteiger partial charge in [-0.15, -0.1) is 0 Å². The summed E-state index contributed by atoms with van der Waals surface area (Å²) in [6.07, 6.45) is 3.51. The fraction of sp³-hybridized carbons (Fsp3) is 0.281. The number of carbonyl (C=O) groups excluding carboxylic acids is 1. The Labute approximate surface area is 262 Å². The number of rotatable bonds is 5. The first-order valence-electron chi connectivity index (χ1n) is 14.1. The lowest BCUT2D eigenvalue weighted by Crippen LogP contribution is -2.37. The van der Waals surface area contributed by atoms with Gasteiger partial charge >= 0.3 is 5.97 Å². The number of aryl methyl sites for hydroxylation is 1. The number of benzene rings is 3. The predicted octanol–water partition coefficient (Wildman–Crippen LogP) is 5.97. The summed E-state index contributed by atoms with van der Waals surface area (Å²) >= 11 is 13.1. The fourth-order valence-electron chi connectivity index (χ4n) is 6.37. The van der Waals surface area contributed by atoms with Crippen LogP contribution in [0.2, 0.25) is 10.0 Å². The molecule has 2 saturated heterocycles. The molecule has 12 heteroatoms. The smallest absolute Gasteiger partial charge is 0.337 e. The number of carboxylic acid groups (broad SMARTS) is 1. The van der Waals surface area contributed by atoms with Gasteiger partial charge < -0.3 is 24.4 Å². The molecule has 0 spiro atoms. The molecule has 4 aromatic rings. The molecule has 9 nitrogen and oxygen atoms in total. The van der Waals surface area contributed by atoms with E-state index in [1.54, 1.807) is 54.3 Å². The van der Waals surface area contributed by atoms with E-state index in [9.17, 15) is 14.7 Å². The van der Waals surface area contributed by atoms with Crippen molar-refractivity contribution in [2.75, 3.05) is 37.9 Å². The van der Waals surface area contributed by atoms with Gasteiger partial charge in [-0.2, -0.15) is 5.10 Å². The van der Waals surface area contributed by atoms with Crippen LogP contribution in [0.4, 0.5) is 10.1 Å². The topological polar surface area (TPSA) is 97.1 Å². The molecule has 3 aliphatic heterocycles. The lowest BCUT2D eigenvalue weighted by atomic mass is 9.97. The van der Waals surface area contributed by atoms with Crippen LogP contribution in [0.3, 0.4) is 0 Å². The lowest BCUT2D eigenvalue weighted by Gasteiger charge is -2.31. The van der Waals surface area contributed by atoms with Gasteiger partial charge in [-0.3, -0.25) is 9.48 Å². The summed E-state index contributed by atoms with van der Waals surface area (Å²) in [5.41, 5.74) is 3.45. The third-order valence-electron chi connectivity index (χ3n) is 8.59. The van der Waals surface area contributed by atoms with Crippen molar-refractivity contribution in [3.8, 4) is 28.0 Å². The Balaban J connectivity index is 1.19. The van der Waals surface area contributed by atoms with Crippen molar-refractivity contribution in [3.05, 3.63) is 87.4 Å². The minimum atomic E-state index is -1.19. The second kappa shape index (κ2) is 11.1. The molecule has 0 aliphatic carbocycles. The average Bonchev–Trinajstić information content (AvgIpc) is 3.73.